The summed E-state index contributed by atoms with van der Waals surface area (Å²) in [6.07, 6.45) is 0. The van der Waals surface area contributed by atoms with E-state index in [4.69, 9.17) is 21.7 Å². The van der Waals surface area contributed by atoms with Gasteiger partial charge in [0.2, 0.25) is 10.0 Å². The number of halogens is 1. The van der Waals surface area contributed by atoms with Crippen LogP contribution < -0.4 is 15.4 Å². The van der Waals surface area contributed by atoms with Crippen LogP contribution in [0.4, 0.5) is 5.69 Å². The maximum Gasteiger partial charge on any atom is 0.257 e. The molecule has 11 heteroatoms. The van der Waals surface area contributed by atoms with Gasteiger partial charge in [0.1, 0.15) is 5.75 Å². The minimum absolute atomic E-state index is 0.0961. The molecule has 1 aliphatic rings. The summed E-state index contributed by atoms with van der Waals surface area (Å²) < 4.78 is 38.0. The fraction of sp³-hybridized carbons (Fsp3) is 0.300. The van der Waals surface area contributed by atoms with Crippen LogP contribution in [-0.4, -0.2) is 56.7 Å². The topological polar surface area (TPSA) is 97.0 Å². The number of morpholine rings is 1. The lowest BCUT2D eigenvalue weighted by atomic mass is 10.2. The zero-order valence-electron chi connectivity index (χ0n) is 16.8. The number of sulfonamides is 1. The van der Waals surface area contributed by atoms with E-state index in [1.54, 1.807) is 30.3 Å². The Labute approximate surface area is 195 Å². The van der Waals surface area contributed by atoms with Gasteiger partial charge in [0.25, 0.3) is 5.91 Å². The van der Waals surface area contributed by atoms with Gasteiger partial charge in [0.05, 0.1) is 29.2 Å². The lowest BCUT2D eigenvalue weighted by molar-refractivity contribution is 0.0730. The lowest BCUT2D eigenvalue weighted by Gasteiger charge is -2.26. The zero-order valence-corrected chi connectivity index (χ0v) is 20.0. The van der Waals surface area contributed by atoms with Crippen molar-refractivity contribution in [1.29, 1.82) is 0 Å². The van der Waals surface area contributed by atoms with E-state index in [2.05, 4.69) is 26.6 Å². The van der Waals surface area contributed by atoms with E-state index >= 15 is 0 Å². The SMILES string of the molecule is CCOc1ccc(C(=O)NC(=S)Nc2ccc(S(=O)(=O)N3CCOCC3)cc2)cc1Br. The third kappa shape index (κ3) is 6.01. The number of nitrogens with zero attached hydrogens (tertiary/aromatic N) is 1. The van der Waals surface area contributed by atoms with Crippen molar-refractivity contribution in [1.82, 2.24) is 9.62 Å². The summed E-state index contributed by atoms with van der Waals surface area (Å²) in [4.78, 5) is 12.6. The Kier molecular flexibility index (Phi) is 8.00. The minimum atomic E-state index is -3.57. The Hall–Kier alpha value is -2.05. The average molecular weight is 528 g/mol. The van der Waals surface area contributed by atoms with Gasteiger partial charge in [-0.2, -0.15) is 4.31 Å². The first-order valence-corrected chi connectivity index (χ1v) is 12.2. The summed E-state index contributed by atoms with van der Waals surface area (Å²) >= 11 is 8.58. The molecule has 0 aromatic heterocycles. The maximum absolute atomic E-state index is 12.7. The Bertz CT molecular complexity index is 1050. The molecule has 31 heavy (non-hydrogen) atoms. The van der Waals surface area contributed by atoms with E-state index in [0.29, 0.717) is 54.4 Å². The first kappa shape index (κ1) is 23.6. The summed E-state index contributed by atoms with van der Waals surface area (Å²) in [6.45, 7) is 3.84. The molecule has 166 valence electrons. The second-order valence-electron chi connectivity index (χ2n) is 6.53. The van der Waals surface area contributed by atoms with Crippen molar-refractivity contribution in [2.45, 2.75) is 11.8 Å². The molecular formula is C20H22BrN3O5S2. The van der Waals surface area contributed by atoms with E-state index in [1.165, 1.54) is 16.4 Å². The van der Waals surface area contributed by atoms with Crippen LogP contribution in [0.1, 0.15) is 17.3 Å². The van der Waals surface area contributed by atoms with Crippen LogP contribution in [0, 0.1) is 0 Å². The number of ether oxygens (including phenoxy) is 2. The number of amides is 1. The summed E-state index contributed by atoms with van der Waals surface area (Å²) in [5, 5.41) is 5.58. The molecule has 0 unspecified atom stereocenters. The molecule has 1 heterocycles. The molecule has 1 aliphatic heterocycles. The third-order valence-corrected chi connectivity index (χ3v) is 7.18. The maximum atomic E-state index is 12.7. The number of carbonyl (C=O) groups excluding carboxylic acids is 1. The van der Waals surface area contributed by atoms with Crippen LogP contribution in [0.3, 0.4) is 0 Å². The average Bonchev–Trinajstić information content (AvgIpc) is 2.76. The zero-order chi connectivity index (χ0) is 22.4. The number of anilines is 1. The second-order valence-corrected chi connectivity index (χ2v) is 9.73. The monoisotopic (exact) mass is 527 g/mol. The number of rotatable bonds is 6. The Morgan fingerprint density at radius 1 is 1.19 bits per heavy atom. The summed E-state index contributed by atoms with van der Waals surface area (Å²) in [5.74, 6) is 0.264. The largest absolute Gasteiger partial charge is 0.493 e. The number of hydrogen-bond donors (Lipinski definition) is 2. The van der Waals surface area contributed by atoms with E-state index in [-0.39, 0.29) is 15.9 Å². The molecule has 1 amide bonds. The molecule has 0 bridgehead atoms. The van der Waals surface area contributed by atoms with Crippen LogP contribution in [0.2, 0.25) is 0 Å². The molecule has 0 aliphatic carbocycles. The number of carbonyl (C=O) groups is 1. The van der Waals surface area contributed by atoms with Crippen molar-refractivity contribution < 1.29 is 22.7 Å². The van der Waals surface area contributed by atoms with Crippen molar-refractivity contribution in [2.75, 3.05) is 38.2 Å². The highest BCUT2D eigenvalue weighted by Gasteiger charge is 2.26. The highest BCUT2D eigenvalue weighted by molar-refractivity contribution is 9.10. The fourth-order valence-electron chi connectivity index (χ4n) is 2.90. The van der Waals surface area contributed by atoms with Gasteiger partial charge < -0.3 is 14.8 Å². The van der Waals surface area contributed by atoms with Crippen LogP contribution in [-0.2, 0) is 14.8 Å². The molecule has 1 fully saturated rings. The van der Waals surface area contributed by atoms with E-state index < -0.39 is 10.0 Å². The normalized spacial score (nSPS) is 14.6. The summed E-state index contributed by atoms with van der Waals surface area (Å²) in [6, 6.07) is 11.2. The fourth-order valence-corrected chi connectivity index (χ4v) is 5.01. The van der Waals surface area contributed by atoms with Gasteiger partial charge in [-0.05, 0) is 77.5 Å². The van der Waals surface area contributed by atoms with Gasteiger partial charge in [0.15, 0.2) is 5.11 Å². The molecular weight excluding hydrogens is 506 g/mol. The Morgan fingerprint density at radius 2 is 1.87 bits per heavy atom. The molecule has 2 N–H and O–H groups in total. The number of hydrogen-bond acceptors (Lipinski definition) is 6. The first-order valence-electron chi connectivity index (χ1n) is 9.54. The van der Waals surface area contributed by atoms with Gasteiger partial charge in [0, 0.05) is 24.3 Å². The molecule has 0 saturated carbocycles. The van der Waals surface area contributed by atoms with E-state index in [0.717, 1.165) is 0 Å². The molecule has 2 aromatic rings. The van der Waals surface area contributed by atoms with Gasteiger partial charge in [-0.1, -0.05) is 0 Å². The first-order chi connectivity index (χ1) is 14.8. The van der Waals surface area contributed by atoms with Crippen molar-refractivity contribution in [3.63, 3.8) is 0 Å². The van der Waals surface area contributed by atoms with Crippen molar-refractivity contribution >= 4 is 54.9 Å². The van der Waals surface area contributed by atoms with Gasteiger partial charge in [-0.15, -0.1) is 0 Å². The molecule has 0 atom stereocenters. The molecule has 0 spiro atoms. The molecule has 8 nitrogen and oxygen atoms in total. The number of nitrogens with one attached hydrogen (secondary N) is 2. The van der Waals surface area contributed by atoms with Crippen molar-refractivity contribution in [3.8, 4) is 5.75 Å². The van der Waals surface area contributed by atoms with Crippen LogP contribution in [0.25, 0.3) is 0 Å². The van der Waals surface area contributed by atoms with E-state index in [1.807, 2.05) is 6.92 Å². The third-order valence-electron chi connectivity index (χ3n) is 4.44. The predicted molar refractivity (Wildman–Crippen MR) is 125 cm³/mol. The number of benzene rings is 2. The second kappa shape index (κ2) is 10.5. The smallest absolute Gasteiger partial charge is 0.257 e. The Morgan fingerprint density at radius 3 is 2.48 bits per heavy atom. The van der Waals surface area contributed by atoms with Gasteiger partial charge in [-0.25, -0.2) is 8.42 Å². The van der Waals surface area contributed by atoms with Gasteiger partial charge >= 0.3 is 0 Å². The molecule has 3 rings (SSSR count). The highest BCUT2D eigenvalue weighted by Crippen LogP contribution is 2.26. The lowest BCUT2D eigenvalue weighted by Crippen LogP contribution is -2.40. The molecule has 0 radical (unpaired) electrons. The van der Waals surface area contributed by atoms with Crippen molar-refractivity contribution in [2.24, 2.45) is 0 Å². The standard InChI is InChI=1S/C20H22BrN3O5S2/c1-2-29-18-8-3-14(13-17(18)21)19(25)23-20(30)22-15-4-6-16(7-5-15)31(26,27)24-9-11-28-12-10-24/h3-8,13H,2,9-12H2,1H3,(H2,22,23,25,30). The quantitative estimate of drug-likeness (QED) is 0.557. The van der Waals surface area contributed by atoms with Crippen LogP contribution in [0.15, 0.2) is 51.8 Å². The Balaban J connectivity index is 1.60. The van der Waals surface area contributed by atoms with Crippen LogP contribution in [0.5, 0.6) is 5.75 Å². The predicted octanol–water partition coefficient (Wildman–Crippen LogP) is 3.00. The van der Waals surface area contributed by atoms with Crippen molar-refractivity contribution in [3.05, 3.63) is 52.5 Å². The minimum Gasteiger partial charge on any atom is -0.493 e. The van der Waals surface area contributed by atoms with Gasteiger partial charge in [-0.3, -0.25) is 10.1 Å². The van der Waals surface area contributed by atoms with Crippen LogP contribution >= 0.6 is 28.1 Å². The number of thiocarbonyl (C=S) groups is 1. The summed E-state index contributed by atoms with van der Waals surface area (Å²) in [7, 11) is -3.57. The molecule has 1 saturated heterocycles. The van der Waals surface area contributed by atoms with E-state index in [9.17, 15) is 13.2 Å². The highest BCUT2D eigenvalue weighted by atomic mass is 79.9. The molecule has 2 aromatic carbocycles. The summed E-state index contributed by atoms with van der Waals surface area (Å²) in [5.41, 5.74) is 0.963.